The van der Waals surface area contributed by atoms with Crippen molar-refractivity contribution in [2.24, 2.45) is 0 Å². The molecule has 0 aliphatic heterocycles. The molecule has 0 fully saturated rings. The zero-order valence-corrected chi connectivity index (χ0v) is 12.3. The number of aryl methyl sites for hydroxylation is 1. The van der Waals surface area contributed by atoms with Crippen LogP contribution in [0.5, 0.6) is 0 Å². The Hall–Kier alpha value is -1.52. The Bertz CT molecular complexity index is 653. The number of halogens is 1. The van der Waals surface area contributed by atoms with Crippen LogP contribution in [-0.4, -0.2) is 11.1 Å². The van der Waals surface area contributed by atoms with Gasteiger partial charge in [0, 0.05) is 15.6 Å². The number of fused-ring (bicyclic) bond motifs is 1. The van der Waals surface area contributed by atoms with Gasteiger partial charge in [0.05, 0.1) is 11.6 Å². The van der Waals surface area contributed by atoms with E-state index in [-0.39, 0.29) is 11.6 Å². The van der Waals surface area contributed by atoms with Crippen molar-refractivity contribution >= 4 is 34.6 Å². The molecule has 3 nitrogen and oxygen atoms in total. The fourth-order valence-corrected chi connectivity index (χ4v) is 3.80. The second-order valence-electron chi connectivity index (χ2n) is 4.88. The number of thiophene rings is 1. The SMILES string of the molecule is O=C(O)c1cc(Cl)ccc1NC1CCCc2sccc21. The van der Waals surface area contributed by atoms with Gasteiger partial charge in [0.25, 0.3) is 0 Å². The molecule has 1 aromatic heterocycles. The van der Waals surface area contributed by atoms with Gasteiger partial charge in [-0.25, -0.2) is 4.79 Å². The molecule has 0 saturated carbocycles. The van der Waals surface area contributed by atoms with E-state index in [1.807, 2.05) is 0 Å². The lowest BCUT2D eigenvalue weighted by molar-refractivity contribution is 0.0698. The second kappa shape index (κ2) is 5.46. The third-order valence-corrected chi connectivity index (χ3v) is 4.83. The highest BCUT2D eigenvalue weighted by molar-refractivity contribution is 7.10. The van der Waals surface area contributed by atoms with Crippen LogP contribution in [0, 0.1) is 0 Å². The molecule has 5 heteroatoms. The molecular weight excluding hydrogens is 294 g/mol. The molecule has 1 aliphatic carbocycles. The molecule has 104 valence electrons. The van der Waals surface area contributed by atoms with Crippen LogP contribution in [0.15, 0.2) is 29.6 Å². The molecule has 20 heavy (non-hydrogen) atoms. The summed E-state index contributed by atoms with van der Waals surface area (Å²) in [4.78, 5) is 12.7. The molecule has 1 unspecified atom stereocenters. The fraction of sp³-hybridized carbons (Fsp3) is 0.267. The first kappa shape index (κ1) is 13.5. The van der Waals surface area contributed by atoms with Gasteiger partial charge in [0.2, 0.25) is 0 Å². The standard InChI is InChI=1S/C15H14ClNO2S/c16-9-4-5-13(11(8-9)15(18)19)17-12-2-1-3-14-10(12)6-7-20-14/h4-8,12,17H,1-3H2,(H,18,19). The number of carboxylic acids is 1. The van der Waals surface area contributed by atoms with Crippen LogP contribution in [0.3, 0.4) is 0 Å². The van der Waals surface area contributed by atoms with Gasteiger partial charge in [-0.1, -0.05) is 11.6 Å². The van der Waals surface area contributed by atoms with Gasteiger partial charge in [-0.2, -0.15) is 0 Å². The number of carbonyl (C=O) groups is 1. The first-order valence-electron chi connectivity index (χ1n) is 6.51. The first-order valence-corrected chi connectivity index (χ1v) is 7.76. The predicted molar refractivity (Wildman–Crippen MR) is 82.0 cm³/mol. The summed E-state index contributed by atoms with van der Waals surface area (Å²) in [5.41, 5.74) is 2.15. The van der Waals surface area contributed by atoms with Crippen molar-refractivity contribution < 1.29 is 9.90 Å². The molecule has 1 heterocycles. The number of hydrogen-bond donors (Lipinski definition) is 2. The summed E-state index contributed by atoms with van der Waals surface area (Å²) in [6.07, 6.45) is 3.27. The van der Waals surface area contributed by atoms with E-state index in [0.717, 1.165) is 19.3 Å². The molecule has 0 amide bonds. The maximum absolute atomic E-state index is 11.3. The van der Waals surface area contributed by atoms with Gasteiger partial charge in [-0.15, -0.1) is 11.3 Å². The van der Waals surface area contributed by atoms with Gasteiger partial charge in [-0.05, 0) is 54.5 Å². The van der Waals surface area contributed by atoms with E-state index >= 15 is 0 Å². The monoisotopic (exact) mass is 307 g/mol. The number of hydrogen-bond acceptors (Lipinski definition) is 3. The van der Waals surface area contributed by atoms with Gasteiger partial charge in [0.1, 0.15) is 0 Å². The van der Waals surface area contributed by atoms with E-state index in [1.54, 1.807) is 23.5 Å². The van der Waals surface area contributed by atoms with Crippen LogP contribution in [-0.2, 0) is 6.42 Å². The molecular formula is C15H14ClNO2S. The Kier molecular flexibility index (Phi) is 3.68. The summed E-state index contributed by atoms with van der Waals surface area (Å²) in [6, 6.07) is 7.26. The lowest BCUT2D eigenvalue weighted by Crippen LogP contribution is -2.17. The van der Waals surface area contributed by atoms with Crippen LogP contribution < -0.4 is 5.32 Å². The van der Waals surface area contributed by atoms with Gasteiger partial charge < -0.3 is 10.4 Å². The van der Waals surface area contributed by atoms with Crippen molar-refractivity contribution in [2.75, 3.05) is 5.32 Å². The van der Waals surface area contributed by atoms with E-state index in [4.69, 9.17) is 11.6 Å². The Morgan fingerprint density at radius 3 is 3.05 bits per heavy atom. The van der Waals surface area contributed by atoms with Gasteiger partial charge in [-0.3, -0.25) is 0 Å². The molecule has 0 spiro atoms. The van der Waals surface area contributed by atoms with Crippen LogP contribution >= 0.6 is 22.9 Å². The molecule has 2 aromatic rings. The molecule has 0 bridgehead atoms. The van der Waals surface area contributed by atoms with Crippen molar-refractivity contribution in [1.82, 2.24) is 0 Å². The molecule has 1 aliphatic rings. The Morgan fingerprint density at radius 2 is 2.25 bits per heavy atom. The summed E-state index contributed by atoms with van der Waals surface area (Å²) < 4.78 is 0. The van der Waals surface area contributed by atoms with Gasteiger partial charge >= 0.3 is 5.97 Å². The lowest BCUT2D eigenvalue weighted by atomic mass is 9.93. The molecule has 0 saturated heterocycles. The van der Waals surface area contributed by atoms with Crippen LogP contribution in [0.4, 0.5) is 5.69 Å². The third-order valence-electron chi connectivity index (χ3n) is 3.59. The molecule has 2 N–H and O–H groups in total. The number of rotatable bonds is 3. The number of aromatic carboxylic acids is 1. The Labute approximate surface area is 126 Å². The minimum atomic E-state index is -0.962. The summed E-state index contributed by atoms with van der Waals surface area (Å²) in [5, 5.41) is 15.2. The van der Waals surface area contributed by atoms with E-state index in [0.29, 0.717) is 10.7 Å². The zero-order chi connectivity index (χ0) is 14.1. The normalized spacial score (nSPS) is 17.6. The average molecular weight is 308 g/mol. The Morgan fingerprint density at radius 1 is 1.40 bits per heavy atom. The molecule has 3 rings (SSSR count). The quantitative estimate of drug-likeness (QED) is 0.872. The number of carboxylic acid groups (broad SMARTS) is 1. The minimum Gasteiger partial charge on any atom is -0.478 e. The summed E-state index contributed by atoms with van der Waals surface area (Å²) in [7, 11) is 0. The van der Waals surface area contributed by atoms with Crippen molar-refractivity contribution in [3.63, 3.8) is 0 Å². The first-order chi connectivity index (χ1) is 9.65. The van der Waals surface area contributed by atoms with Crippen LogP contribution in [0.25, 0.3) is 0 Å². The largest absolute Gasteiger partial charge is 0.478 e. The molecule has 0 radical (unpaired) electrons. The zero-order valence-electron chi connectivity index (χ0n) is 10.7. The van der Waals surface area contributed by atoms with Crippen molar-refractivity contribution in [1.29, 1.82) is 0 Å². The fourth-order valence-electron chi connectivity index (χ4n) is 2.64. The topological polar surface area (TPSA) is 49.3 Å². The molecule has 1 atom stereocenters. The maximum atomic E-state index is 11.3. The molecule has 1 aromatic carbocycles. The number of benzene rings is 1. The van der Waals surface area contributed by atoms with Crippen molar-refractivity contribution in [3.05, 3.63) is 50.7 Å². The maximum Gasteiger partial charge on any atom is 0.337 e. The average Bonchev–Trinajstić information content (AvgIpc) is 2.90. The third kappa shape index (κ3) is 2.53. The smallest absolute Gasteiger partial charge is 0.337 e. The minimum absolute atomic E-state index is 0.185. The lowest BCUT2D eigenvalue weighted by Gasteiger charge is -2.25. The van der Waals surface area contributed by atoms with E-state index in [9.17, 15) is 9.90 Å². The van der Waals surface area contributed by atoms with E-state index in [2.05, 4.69) is 16.8 Å². The number of nitrogens with one attached hydrogen (secondary N) is 1. The highest BCUT2D eigenvalue weighted by atomic mass is 35.5. The summed E-state index contributed by atoms with van der Waals surface area (Å²) in [5.74, 6) is -0.962. The van der Waals surface area contributed by atoms with Gasteiger partial charge in [0.15, 0.2) is 0 Å². The van der Waals surface area contributed by atoms with Crippen molar-refractivity contribution in [3.8, 4) is 0 Å². The summed E-state index contributed by atoms with van der Waals surface area (Å²) >= 11 is 7.65. The van der Waals surface area contributed by atoms with Crippen LogP contribution in [0.1, 0.15) is 39.7 Å². The Balaban J connectivity index is 1.92. The van der Waals surface area contributed by atoms with Crippen LogP contribution in [0.2, 0.25) is 5.02 Å². The number of anilines is 1. The predicted octanol–water partition coefficient (Wildman–Crippen LogP) is 4.59. The van der Waals surface area contributed by atoms with E-state index < -0.39 is 5.97 Å². The van der Waals surface area contributed by atoms with E-state index in [1.165, 1.54) is 16.5 Å². The highest BCUT2D eigenvalue weighted by Crippen LogP contribution is 2.36. The highest BCUT2D eigenvalue weighted by Gasteiger charge is 2.22. The summed E-state index contributed by atoms with van der Waals surface area (Å²) in [6.45, 7) is 0. The second-order valence-corrected chi connectivity index (χ2v) is 6.32. The van der Waals surface area contributed by atoms with Crippen molar-refractivity contribution in [2.45, 2.75) is 25.3 Å².